The molecule has 8 heteroatoms. The van der Waals surface area contributed by atoms with Crippen LogP contribution >= 0.6 is 24.0 Å². The van der Waals surface area contributed by atoms with Crippen molar-refractivity contribution in [3.8, 4) is 11.5 Å². The van der Waals surface area contributed by atoms with Crippen LogP contribution in [0.15, 0.2) is 67.0 Å². The molecule has 0 atom stereocenters. The molecule has 0 spiro atoms. The largest absolute Gasteiger partial charge is 0.493 e. The zero-order chi connectivity index (χ0) is 21.1. The average molecular weight is 456 g/mol. The quantitative estimate of drug-likeness (QED) is 0.376. The molecule has 1 heterocycles. The van der Waals surface area contributed by atoms with Crippen LogP contribution in [-0.2, 0) is 0 Å². The fourth-order valence-corrected chi connectivity index (χ4v) is 3.41. The van der Waals surface area contributed by atoms with Gasteiger partial charge in [0.15, 0.2) is 17.3 Å². The first-order valence-corrected chi connectivity index (χ1v) is 9.51. The van der Waals surface area contributed by atoms with Gasteiger partial charge in [0.2, 0.25) is 0 Å². The third-order valence-electron chi connectivity index (χ3n) is 4.65. The second-order valence-corrected chi connectivity index (χ2v) is 6.87. The highest BCUT2D eigenvalue weighted by Crippen LogP contribution is 2.35. The summed E-state index contributed by atoms with van der Waals surface area (Å²) in [5.41, 5.74) is 2.42. The Hall–Kier alpha value is -3.35. The third-order valence-corrected chi connectivity index (χ3v) is 4.97. The number of ketones is 1. The summed E-state index contributed by atoms with van der Waals surface area (Å²) < 4.78 is 10.7. The van der Waals surface area contributed by atoms with Crippen LogP contribution in [0.5, 0.6) is 11.5 Å². The molecule has 1 aromatic heterocycles. The number of anilines is 2. The maximum absolute atomic E-state index is 12.7. The van der Waals surface area contributed by atoms with Crippen molar-refractivity contribution in [1.82, 2.24) is 9.97 Å². The molecule has 0 unspecified atom stereocenters. The summed E-state index contributed by atoms with van der Waals surface area (Å²) in [5, 5.41) is 4.35. The Kier molecular flexibility index (Phi) is 6.95. The van der Waals surface area contributed by atoms with Crippen molar-refractivity contribution in [3.63, 3.8) is 0 Å². The molecule has 3 aromatic carbocycles. The van der Waals surface area contributed by atoms with Crippen LogP contribution in [0, 0.1) is 0 Å². The maximum Gasteiger partial charge on any atom is 0.194 e. The van der Waals surface area contributed by atoms with Gasteiger partial charge in [0.05, 0.1) is 24.8 Å². The number of carbonyl (C=O) groups excluding carboxylic acids is 1. The van der Waals surface area contributed by atoms with Gasteiger partial charge in [-0.3, -0.25) is 4.79 Å². The zero-order valence-corrected chi connectivity index (χ0v) is 18.3. The van der Waals surface area contributed by atoms with Crippen molar-refractivity contribution >= 4 is 52.2 Å². The fraction of sp³-hybridized carbons (Fsp3) is 0.0870. The van der Waals surface area contributed by atoms with E-state index in [1.807, 2.05) is 24.3 Å². The molecule has 0 aliphatic rings. The van der Waals surface area contributed by atoms with Gasteiger partial charge >= 0.3 is 0 Å². The number of aromatic nitrogens is 2. The van der Waals surface area contributed by atoms with E-state index in [1.165, 1.54) is 6.33 Å². The van der Waals surface area contributed by atoms with Gasteiger partial charge in [0.1, 0.15) is 12.1 Å². The van der Waals surface area contributed by atoms with Crippen LogP contribution in [-0.4, -0.2) is 30.0 Å². The summed E-state index contributed by atoms with van der Waals surface area (Å²) in [6.45, 7) is 0. The van der Waals surface area contributed by atoms with Gasteiger partial charge in [-0.15, -0.1) is 12.4 Å². The number of halogens is 2. The van der Waals surface area contributed by atoms with Crippen LogP contribution in [0.1, 0.15) is 15.9 Å². The highest BCUT2D eigenvalue weighted by molar-refractivity contribution is 6.35. The number of benzene rings is 3. The van der Waals surface area contributed by atoms with E-state index in [9.17, 15) is 4.79 Å². The van der Waals surface area contributed by atoms with E-state index in [-0.39, 0.29) is 18.2 Å². The first-order valence-electron chi connectivity index (χ1n) is 9.13. The maximum atomic E-state index is 12.7. The highest BCUT2D eigenvalue weighted by atomic mass is 35.5. The molecule has 0 saturated carbocycles. The first-order chi connectivity index (χ1) is 14.6. The molecular formula is C23H19Cl2N3O3. The summed E-state index contributed by atoms with van der Waals surface area (Å²) in [5.74, 6) is 1.61. The number of hydrogen-bond donors (Lipinski definition) is 1. The average Bonchev–Trinajstić information content (AvgIpc) is 2.78. The molecule has 158 valence electrons. The minimum Gasteiger partial charge on any atom is -0.493 e. The van der Waals surface area contributed by atoms with Crippen molar-refractivity contribution in [2.45, 2.75) is 0 Å². The highest BCUT2D eigenvalue weighted by Gasteiger charge is 2.15. The number of nitrogens with one attached hydrogen (secondary N) is 1. The summed E-state index contributed by atoms with van der Waals surface area (Å²) in [4.78, 5) is 21.3. The number of fused-ring (bicyclic) bond motifs is 1. The van der Waals surface area contributed by atoms with Crippen LogP contribution < -0.4 is 14.8 Å². The van der Waals surface area contributed by atoms with Crippen molar-refractivity contribution in [1.29, 1.82) is 0 Å². The van der Waals surface area contributed by atoms with Gasteiger partial charge in [0.25, 0.3) is 0 Å². The Bertz CT molecular complexity index is 1230. The van der Waals surface area contributed by atoms with Crippen LogP contribution in [0.4, 0.5) is 11.5 Å². The van der Waals surface area contributed by atoms with E-state index in [0.717, 1.165) is 5.39 Å². The molecular weight excluding hydrogens is 437 g/mol. The van der Waals surface area contributed by atoms with Crippen molar-refractivity contribution in [2.75, 3.05) is 19.5 Å². The fourth-order valence-electron chi connectivity index (χ4n) is 3.14. The third kappa shape index (κ3) is 4.55. The second-order valence-electron chi connectivity index (χ2n) is 6.46. The molecule has 0 aliphatic heterocycles. The molecule has 0 saturated heterocycles. The predicted molar refractivity (Wildman–Crippen MR) is 124 cm³/mol. The standard InChI is InChI=1S/C23H18ClN3O3.ClH/c1-29-20-11-17-19(12-21(20)30-2)25-13-26-23(17)27-15-8-9-16(18(24)10-15)22(28)14-6-4-3-5-7-14;/h3-13H,1-2H3,(H,25,26,27);1H. The summed E-state index contributed by atoms with van der Waals surface area (Å²) in [6.07, 6.45) is 1.46. The molecule has 31 heavy (non-hydrogen) atoms. The van der Waals surface area contributed by atoms with Crippen molar-refractivity contribution in [3.05, 3.63) is 83.1 Å². The Labute approximate surface area is 190 Å². The molecule has 0 radical (unpaired) electrons. The van der Waals surface area contributed by atoms with E-state index in [2.05, 4.69) is 15.3 Å². The monoisotopic (exact) mass is 455 g/mol. The van der Waals surface area contributed by atoms with Crippen LogP contribution in [0.25, 0.3) is 10.9 Å². The van der Waals surface area contributed by atoms with Gasteiger partial charge in [-0.05, 0) is 24.3 Å². The minimum absolute atomic E-state index is 0. The SMILES string of the molecule is COc1cc2ncnc(Nc3ccc(C(=O)c4ccccc4)c(Cl)c3)c2cc1OC.Cl. The Morgan fingerprint density at radius 2 is 1.65 bits per heavy atom. The number of carbonyl (C=O) groups is 1. The lowest BCUT2D eigenvalue weighted by molar-refractivity contribution is 0.103. The molecule has 6 nitrogen and oxygen atoms in total. The summed E-state index contributed by atoms with van der Waals surface area (Å²) in [6, 6.07) is 17.8. The van der Waals surface area contributed by atoms with E-state index < -0.39 is 0 Å². The number of nitrogens with zero attached hydrogens (tertiary/aromatic N) is 2. The van der Waals surface area contributed by atoms with Gasteiger partial charge in [-0.25, -0.2) is 9.97 Å². The molecule has 0 amide bonds. The van der Waals surface area contributed by atoms with Gasteiger partial charge in [-0.1, -0.05) is 41.9 Å². The first kappa shape index (κ1) is 22.3. The number of ether oxygens (including phenoxy) is 2. The van der Waals surface area contributed by atoms with Crippen molar-refractivity contribution < 1.29 is 14.3 Å². The Balaban J connectivity index is 0.00000272. The van der Waals surface area contributed by atoms with Crippen LogP contribution in [0.2, 0.25) is 5.02 Å². The van der Waals surface area contributed by atoms with Crippen molar-refractivity contribution in [2.24, 2.45) is 0 Å². The Morgan fingerprint density at radius 3 is 2.32 bits per heavy atom. The summed E-state index contributed by atoms with van der Waals surface area (Å²) >= 11 is 6.42. The van der Waals surface area contributed by atoms with E-state index >= 15 is 0 Å². The molecule has 1 N–H and O–H groups in total. The van der Waals surface area contributed by atoms with E-state index in [1.54, 1.807) is 50.6 Å². The van der Waals surface area contributed by atoms with Gasteiger partial charge < -0.3 is 14.8 Å². The van der Waals surface area contributed by atoms with Crippen LogP contribution in [0.3, 0.4) is 0 Å². The summed E-state index contributed by atoms with van der Waals surface area (Å²) in [7, 11) is 3.15. The zero-order valence-electron chi connectivity index (χ0n) is 16.8. The molecule has 0 fully saturated rings. The van der Waals surface area contributed by atoms with E-state index in [4.69, 9.17) is 21.1 Å². The topological polar surface area (TPSA) is 73.3 Å². The molecule has 0 bridgehead atoms. The predicted octanol–water partition coefficient (Wildman–Crippen LogP) is 5.70. The van der Waals surface area contributed by atoms with E-state index in [0.29, 0.717) is 44.7 Å². The normalized spacial score (nSPS) is 10.3. The smallest absolute Gasteiger partial charge is 0.194 e. The molecule has 4 aromatic rings. The number of hydrogen-bond acceptors (Lipinski definition) is 6. The molecule has 4 rings (SSSR count). The lowest BCUT2D eigenvalue weighted by Crippen LogP contribution is -2.03. The lowest BCUT2D eigenvalue weighted by Gasteiger charge is -2.13. The number of rotatable bonds is 6. The minimum atomic E-state index is -0.128. The molecule has 0 aliphatic carbocycles. The Morgan fingerprint density at radius 1 is 0.935 bits per heavy atom. The lowest BCUT2D eigenvalue weighted by atomic mass is 10.0. The van der Waals surface area contributed by atoms with Gasteiger partial charge in [0, 0.05) is 28.3 Å². The number of methoxy groups -OCH3 is 2. The second kappa shape index (κ2) is 9.64. The van der Waals surface area contributed by atoms with Gasteiger partial charge in [-0.2, -0.15) is 0 Å².